The number of amides is 1. The van der Waals surface area contributed by atoms with Gasteiger partial charge in [-0.15, -0.1) is 0 Å². The summed E-state index contributed by atoms with van der Waals surface area (Å²) < 4.78 is 28.9. The summed E-state index contributed by atoms with van der Waals surface area (Å²) in [5, 5.41) is 10.6. The van der Waals surface area contributed by atoms with Crippen LogP contribution in [-0.4, -0.2) is 85.4 Å². The molecule has 0 atom stereocenters. The van der Waals surface area contributed by atoms with Crippen LogP contribution in [0, 0.1) is 5.92 Å². The minimum atomic E-state index is -3.37. The fraction of sp³-hybridized carbons (Fsp3) is 0.463. The van der Waals surface area contributed by atoms with Crippen LogP contribution >= 0.6 is 11.6 Å². The Labute approximate surface area is 319 Å². The molecule has 53 heavy (non-hydrogen) atoms. The molecule has 1 amide bonds. The number of hydroxylamine groups is 1. The first kappa shape index (κ1) is 37.6. The van der Waals surface area contributed by atoms with Crippen LogP contribution in [0.2, 0.25) is 5.02 Å². The summed E-state index contributed by atoms with van der Waals surface area (Å²) in [6.07, 6.45) is 10.3. The third kappa shape index (κ3) is 9.32. The quantitative estimate of drug-likeness (QED) is 0.130. The molecule has 12 heteroatoms. The number of aryl methyl sites for hydroxylation is 1. The maximum Gasteiger partial charge on any atom is 0.251 e. The number of rotatable bonds is 15. The highest BCUT2D eigenvalue weighted by atomic mass is 35.5. The van der Waals surface area contributed by atoms with Crippen LogP contribution in [0.3, 0.4) is 0 Å². The van der Waals surface area contributed by atoms with Gasteiger partial charge in [0.25, 0.3) is 5.91 Å². The smallest absolute Gasteiger partial charge is 0.251 e. The van der Waals surface area contributed by atoms with E-state index in [1.54, 1.807) is 0 Å². The molecule has 1 N–H and O–H groups in total. The number of hydrogen-bond acceptors (Lipinski definition) is 7. The van der Waals surface area contributed by atoms with Gasteiger partial charge in [0.2, 0.25) is 10.0 Å². The molecule has 1 aromatic heterocycles. The van der Waals surface area contributed by atoms with E-state index in [2.05, 4.69) is 14.9 Å². The Morgan fingerprint density at radius 2 is 1.74 bits per heavy atom. The second kappa shape index (κ2) is 17.2. The molecular formula is C41H51ClN6O4S. The fourth-order valence-corrected chi connectivity index (χ4v) is 8.96. The highest BCUT2D eigenvalue weighted by Crippen LogP contribution is 2.36. The van der Waals surface area contributed by atoms with E-state index in [1.807, 2.05) is 77.9 Å². The number of sulfonamides is 1. The van der Waals surface area contributed by atoms with Gasteiger partial charge >= 0.3 is 0 Å². The zero-order valence-corrected chi connectivity index (χ0v) is 32.3. The number of nitrogens with one attached hydrogen (secondary N) is 1. The zero-order valence-electron chi connectivity index (χ0n) is 30.7. The predicted molar refractivity (Wildman–Crippen MR) is 211 cm³/mol. The van der Waals surface area contributed by atoms with Gasteiger partial charge in [0.05, 0.1) is 30.8 Å². The van der Waals surface area contributed by atoms with Gasteiger partial charge in [-0.25, -0.2) is 8.42 Å². The molecule has 1 saturated heterocycles. The number of fused-ring (bicyclic) bond motifs is 1. The summed E-state index contributed by atoms with van der Waals surface area (Å²) in [6.45, 7) is 6.48. The van der Waals surface area contributed by atoms with Crippen LogP contribution in [0.25, 0.3) is 22.4 Å². The molecule has 0 unspecified atom stereocenters. The van der Waals surface area contributed by atoms with Crippen molar-refractivity contribution in [3.8, 4) is 22.4 Å². The molecule has 0 spiro atoms. The number of benzene rings is 3. The highest BCUT2D eigenvalue weighted by Gasteiger charge is 2.30. The normalized spacial score (nSPS) is 16.9. The van der Waals surface area contributed by atoms with Crippen molar-refractivity contribution in [2.75, 3.05) is 57.2 Å². The van der Waals surface area contributed by atoms with Crippen molar-refractivity contribution >= 4 is 33.2 Å². The van der Waals surface area contributed by atoms with E-state index in [4.69, 9.17) is 21.5 Å². The van der Waals surface area contributed by atoms with Crippen LogP contribution in [0.15, 0.2) is 72.8 Å². The SMILES string of the molecule is CS(=O)(=O)N1CCc2c(c(-c3ccc(Cl)c(-c4cccc(C(=O)NCCN(OCC5CCCC5)c5ccccc5)c4)c3)nn2CCCN2CCCC2)C1. The Hall–Kier alpha value is -3.74. The van der Waals surface area contributed by atoms with E-state index in [-0.39, 0.29) is 12.5 Å². The molecule has 0 bridgehead atoms. The van der Waals surface area contributed by atoms with E-state index < -0.39 is 10.0 Å². The molecule has 2 aliphatic heterocycles. The van der Waals surface area contributed by atoms with Gasteiger partial charge in [0.15, 0.2) is 0 Å². The van der Waals surface area contributed by atoms with Gasteiger partial charge in [-0.1, -0.05) is 60.8 Å². The molecular weight excluding hydrogens is 708 g/mol. The van der Waals surface area contributed by atoms with Crippen molar-refractivity contribution in [2.45, 2.75) is 64.5 Å². The molecule has 4 aromatic rings. The molecule has 1 saturated carbocycles. The number of likely N-dealkylation sites (tertiary alicyclic amines) is 1. The molecule has 7 rings (SSSR count). The van der Waals surface area contributed by atoms with E-state index in [0.29, 0.717) is 49.2 Å². The van der Waals surface area contributed by atoms with Gasteiger partial charge in [0.1, 0.15) is 0 Å². The summed E-state index contributed by atoms with van der Waals surface area (Å²) in [5.74, 6) is 0.405. The Bertz CT molecular complexity index is 1980. The Balaban J connectivity index is 1.07. The second-order valence-corrected chi connectivity index (χ2v) is 17.1. The second-order valence-electron chi connectivity index (χ2n) is 14.7. The third-order valence-electron chi connectivity index (χ3n) is 10.9. The lowest BCUT2D eigenvalue weighted by molar-refractivity contribution is 0.0773. The average Bonchev–Trinajstić information content (AvgIpc) is 3.96. The van der Waals surface area contributed by atoms with Gasteiger partial charge in [-0.2, -0.15) is 9.40 Å². The standard InChI is InChI=1S/C41H51ClN6O4S/c1-53(50,51)46-25-19-39-37(29-46)40(44-47(39)24-10-23-45-21-7-8-22-45)33-17-18-38(42)36(28-33)32-13-9-14-34(27-32)41(49)43-20-26-48(35-15-3-2-4-16-35)52-30-31-11-5-6-12-31/h2-4,9,13-18,27-28,31H,5-8,10-12,19-26,29-30H2,1H3,(H,43,49). The van der Waals surface area contributed by atoms with E-state index in [1.165, 1.54) is 49.1 Å². The van der Waals surface area contributed by atoms with Crippen LogP contribution in [-0.2, 0) is 34.4 Å². The number of carbonyl (C=O) groups excluding carboxylic acids is 1. The fourth-order valence-electron chi connectivity index (χ4n) is 7.95. The number of aromatic nitrogens is 2. The largest absolute Gasteiger partial charge is 0.350 e. The lowest BCUT2D eigenvalue weighted by Crippen LogP contribution is -2.36. The third-order valence-corrected chi connectivity index (χ3v) is 12.5. The van der Waals surface area contributed by atoms with Crippen LogP contribution in [0.4, 0.5) is 5.69 Å². The number of carbonyl (C=O) groups is 1. The van der Waals surface area contributed by atoms with Crippen LogP contribution in [0.5, 0.6) is 0 Å². The first-order valence-electron chi connectivity index (χ1n) is 19.1. The van der Waals surface area contributed by atoms with Crippen molar-refractivity contribution in [3.05, 3.63) is 94.6 Å². The summed E-state index contributed by atoms with van der Waals surface area (Å²) in [5.41, 5.74) is 6.78. The lowest BCUT2D eigenvalue weighted by Gasteiger charge is -2.26. The number of hydrogen-bond donors (Lipinski definition) is 1. The molecule has 282 valence electrons. The summed E-state index contributed by atoms with van der Waals surface area (Å²) >= 11 is 6.83. The maximum absolute atomic E-state index is 13.5. The van der Waals surface area contributed by atoms with Crippen molar-refractivity contribution in [1.82, 2.24) is 24.3 Å². The Morgan fingerprint density at radius 3 is 2.51 bits per heavy atom. The molecule has 3 heterocycles. The molecule has 3 aliphatic rings. The highest BCUT2D eigenvalue weighted by molar-refractivity contribution is 7.88. The number of halogens is 1. The van der Waals surface area contributed by atoms with Gasteiger partial charge < -0.3 is 10.2 Å². The molecule has 0 radical (unpaired) electrons. The molecule has 1 aliphatic carbocycles. The van der Waals surface area contributed by atoms with Crippen molar-refractivity contribution in [1.29, 1.82) is 0 Å². The van der Waals surface area contributed by atoms with Gasteiger partial charge in [0, 0.05) is 65.6 Å². The Kier molecular flexibility index (Phi) is 12.2. The van der Waals surface area contributed by atoms with E-state index >= 15 is 0 Å². The van der Waals surface area contributed by atoms with Crippen LogP contribution in [0.1, 0.15) is 66.6 Å². The molecule has 10 nitrogen and oxygen atoms in total. The predicted octanol–water partition coefficient (Wildman–Crippen LogP) is 7.03. The van der Waals surface area contributed by atoms with Crippen molar-refractivity contribution < 1.29 is 18.0 Å². The van der Waals surface area contributed by atoms with Gasteiger partial charge in [-0.3, -0.25) is 19.4 Å². The minimum Gasteiger partial charge on any atom is -0.350 e. The zero-order chi connectivity index (χ0) is 36.8. The molecule has 2 fully saturated rings. The van der Waals surface area contributed by atoms with E-state index in [0.717, 1.165) is 71.9 Å². The monoisotopic (exact) mass is 758 g/mol. The number of nitrogens with zero attached hydrogens (tertiary/aromatic N) is 5. The van der Waals surface area contributed by atoms with Crippen molar-refractivity contribution in [3.63, 3.8) is 0 Å². The maximum atomic E-state index is 13.5. The summed E-state index contributed by atoms with van der Waals surface area (Å²) in [6, 6.07) is 23.3. The van der Waals surface area contributed by atoms with Crippen LogP contribution < -0.4 is 10.4 Å². The van der Waals surface area contributed by atoms with Crippen molar-refractivity contribution in [2.24, 2.45) is 5.92 Å². The average molecular weight is 759 g/mol. The summed E-state index contributed by atoms with van der Waals surface area (Å²) in [4.78, 5) is 22.2. The van der Waals surface area contributed by atoms with Gasteiger partial charge in [-0.05, 0) is 99.6 Å². The van der Waals surface area contributed by atoms with E-state index in [9.17, 15) is 13.2 Å². The number of anilines is 1. The molecule has 3 aromatic carbocycles. The topological polar surface area (TPSA) is 100 Å². The first-order chi connectivity index (χ1) is 25.7. The Morgan fingerprint density at radius 1 is 0.943 bits per heavy atom. The first-order valence-corrected chi connectivity index (χ1v) is 21.4. The lowest BCUT2D eigenvalue weighted by atomic mass is 9.97. The number of para-hydroxylation sites is 1. The summed E-state index contributed by atoms with van der Waals surface area (Å²) in [7, 11) is -3.37. The minimum absolute atomic E-state index is 0.175.